The number of nitrogens with zero attached hydrogens (tertiary/aromatic N) is 7. The lowest BCUT2D eigenvalue weighted by Crippen LogP contribution is -2.46. The molecule has 206 valence electrons. The molecule has 4 heterocycles. The highest BCUT2D eigenvalue weighted by molar-refractivity contribution is 7.18. The molecule has 0 aliphatic carbocycles. The molecule has 1 fully saturated rings. The van der Waals surface area contributed by atoms with E-state index < -0.39 is 0 Å². The van der Waals surface area contributed by atoms with Gasteiger partial charge in [0.15, 0.2) is 5.13 Å². The summed E-state index contributed by atoms with van der Waals surface area (Å²) in [5.74, 6) is 1.27. The van der Waals surface area contributed by atoms with Crippen molar-refractivity contribution in [1.29, 1.82) is 5.26 Å². The van der Waals surface area contributed by atoms with Gasteiger partial charge in [-0.1, -0.05) is 35.1 Å². The smallest absolute Gasteiger partial charge is 0.185 e. The number of benzene rings is 2. The Morgan fingerprint density at radius 3 is 2.71 bits per heavy atom. The van der Waals surface area contributed by atoms with Crippen molar-refractivity contribution in [2.75, 3.05) is 42.9 Å². The zero-order valence-corrected chi connectivity index (χ0v) is 23.8. The summed E-state index contributed by atoms with van der Waals surface area (Å²) in [6, 6.07) is 19.7. The van der Waals surface area contributed by atoms with Crippen molar-refractivity contribution in [3.8, 4) is 22.3 Å². The fourth-order valence-corrected chi connectivity index (χ4v) is 5.89. The van der Waals surface area contributed by atoms with Gasteiger partial charge in [-0.05, 0) is 48.0 Å². The van der Waals surface area contributed by atoms with E-state index >= 15 is 0 Å². The largest absolute Gasteiger partial charge is 0.486 e. The van der Waals surface area contributed by atoms with Gasteiger partial charge >= 0.3 is 0 Å². The van der Waals surface area contributed by atoms with Crippen LogP contribution in [0.3, 0.4) is 0 Å². The van der Waals surface area contributed by atoms with Gasteiger partial charge < -0.3 is 15.0 Å². The quantitative estimate of drug-likeness (QED) is 0.219. The predicted octanol–water partition coefficient (Wildman–Crippen LogP) is 6.16. The third-order valence-electron chi connectivity index (χ3n) is 6.89. The summed E-state index contributed by atoms with van der Waals surface area (Å²) < 4.78 is 5.86. The Hall–Kier alpha value is -4.30. The van der Waals surface area contributed by atoms with E-state index in [2.05, 4.69) is 48.3 Å². The van der Waals surface area contributed by atoms with E-state index in [-0.39, 0.29) is 0 Å². The highest BCUT2D eigenvalue weighted by atomic mass is 35.5. The van der Waals surface area contributed by atoms with Crippen molar-refractivity contribution < 1.29 is 4.74 Å². The number of fused-ring (bicyclic) bond motifs is 1. The van der Waals surface area contributed by atoms with Crippen LogP contribution in [0.15, 0.2) is 73.3 Å². The summed E-state index contributed by atoms with van der Waals surface area (Å²) in [5, 5.41) is 14.7. The lowest BCUT2D eigenvalue weighted by atomic mass is 10.1. The molecule has 41 heavy (non-hydrogen) atoms. The van der Waals surface area contributed by atoms with Crippen molar-refractivity contribution in [3.63, 3.8) is 0 Å². The molecule has 1 aliphatic heterocycles. The monoisotopic (exact) mass is 582 g/mol. The molecule has 1 aliphatic rings. The number of halogens is 1. The van der Waals surface area contributed by atoms with Gasteiger partial charge in [0.25, 0.3) is 0 Å². The van der Waals surface area contributed by atoms with Gasteiger partial charge in [0, 0.05) is 62.6 Å². The van der Waals surface area contributed by atoms with E-state index in [1.54, 1.807) is 23.9 Å². The van der Waals surface area contributed by atoms with Gasteiger partial charge in [0.1, 0.15) is 24.5 Å². The Bertz CT molecular complexity index is 1680. The SMILES string of the molecule is N#CCCN1CCN(c2ncc(-c3ccc4ncnc(Nc5ccc(OCc6ccccn6)c(Cl)c5)c4c3)s2)CC1. The zero-order chi connectivity index (χ0) is 28.0. The molecule has 3 aromatic heterocycles. The first-order valence-electron chi connectivity index (χ1n) is 13.3. The van der Waals surface area contributed by atoms with E-state index in [9.17, 15) is 0 Å². The van der Waals surface area contributed by atoms with E-state index in [4.69, 9.17) is 26.6 Å². The van der Waals surface area contributed by atoms with Gasteiger partial charge in [-0.3, -0.25) is 9.88 Å². The summed E-state index contributed by atoms with van der Waals surface area (Å²) in [6.45, 7) is 4.88. The number of hydrogen-bond acceptors (Lipinski definition) is 10. The summed E-state index contributed by atoms with van der Waals surface area (Å²) in [5.41, 5.74) is 3.52. The molecule has 11 heteroatoms. The topological polar surface area (TPSA) is 103 Å². The van der Waals surface area contributed by atoms with Crippen molar-refractivity contribution in [1.82, 2.24) is 24.8 Å². The number of pyridine rings is 1. The number of nitrogens with one attached hydrogen (secondary N) is 1. The van der Waals surface area contributed by atoms with Crippen molar-refractivity contribution in [2.45, 2.75) is 13.0 Å². The van der Waals surface area contributed by atoms with Crippen LogP contribution in [0.1, 0.15) is 12.1 Å². The van der Waals surface area contributed by atoms with Crippen LogP contribution in [0.5, 0.6) is 5.75 Å². The second-order valence-corrected chi connectivity index (χ2v) is 11.0. The molecule has 0 atom stereocenters. The summed E-state index contributed by atoms with van der Waals surface area (Å²) >= 11 is 8.22. The standard InChI is InChI=1S/C30H27ClN8OS/c31-25-17-22(6-8-27(25)40-19-23-4-1-2-10-33-23)37-29-24-16-21(5-7-26(24)35-20-36-29)28-18-34-30(41-28)39-14-12-38(13-15-39)11-3-9-32/h1-2,4-8,10,16-18,20H,3,11-15,19H2,(H,35,36,37). The molecule has 6 rings (SSSR count). The summed E-state index contributed by atoms with van der Waals surface area (Å²) in [7, 11) is 0. The van der Waals surface area contributed by atoms with Gasteiger partial charge in [0.2, 0.25) is 0 Å². The Balaban J connectivity index is 1.17. The minimum absolute atomic E-state index is 0.338. The van der Waals surface area contributed by atoms with Crippen LogP contribution in [-0.2, 0) is 6.61 Å². The second kappa shape index (κ2) is 12.5. The maximum Gasteiger partial charge on any atom is 0.185 e. The maximum atomic E-state index is 8.85. The number of nitriles is 1. The van der Waals surface area contributed by atoms with E-state index in [0.29, 0.717) is 29.6 Å². The van der Waals surface area contributed by atoms with E-state index in [0.717, 1.165) is 70.6 Å². The Kier molecular flexibility index (Phi) is 8.18. The number of rotatable bonds is 9. The van der Waals surface area contributed by atoms with E-state index in [1.165, 1.54) is 0 Å². The molecular formula is C30H27ClN8OS. The van der Waals surface area contributed by atoms with Crippen LogP contribution in [0.4, 0.5) is 16.6 Å². The molecule has 0 bridgehead atoms. The van der Waals surface area contributed by atoms with E-state index in [1.807, 2.05) is 48.7 Å². The molecule has 0 saturated carbocycles. The third-order valence-corrected chi connectivity index (χ3v) is 8.29. The van der Waals surface area contributed by atoms with Gasteiger partial charge in [-0.15, -0.1) is 0 Å². The predicted molar refractivity (Wildman–Crippen MR) is 163 cm³/mol. The van der Waals surface area contributed by atoms with Crippen LogP contribution in [0.2, 0.25) is 5.02 Å². The fraction of sp³-hybridized carbons (Fsp3) is 0.233. The minimum Gasteiger partial charge on any atom is -0.486 e. The maximum absolute atomic E-state index is 8.85. The van der Waals surface area contributed by atoms with Gasteiger partial charge in [0.05, 0.1) is 27.2 Å². The number of ether oxygens (including phenoxy) is 1. The fourth-order valence-electron chi connectivity index (χ4n) is 4.69. The molecular weight excluding hydrogens is 556 g/mol. The molecule has 0 spiro atoms. The van der Waals surface area contributed by atoms with Gasteiger partial charge in [-0.25, -0.2) is 15.0 Å². The number of anilines is 3. The average Bonchev–Trinajstić information content (AvgIpc) is 3.51. The van der Waals surface area contributed by atoms with Gasteiger partial charge in [-0.2, -0.15) is 5.26 Å². The minimum atomic E-state index is 0.338. The lowest BCUT2D eigenvalue weighted by Gasteiger charge is -2.34. The summed E-state index contributed by atoms with van der Waals surface area (Å²) in [6.07, 6.45) is 5.80. The van der Waals surface area contributed by atoms with Crippen LogP contribution in [0.25, 0.3) is 21.3 Å². The van der Waals surface area contributed by atoms with Crippen LogP contribution in [0, 0.1) is 11.3 Å². The molecule has 9 nitrogen and oxygen atoms in total. The molecule has 0 unspecified atom stereocenters. The Morgan fingerprint density at radius 2 is 1.90 bits per heavy atom. The molecule has 2 aromatic carbocycles. The molecule has 1 N–H and O–H groups in total. The highest BCUT2D eigenvalue weighted by Crippen LogP contribution is 2.35. The normalized spacial score (nSPS) is 13.7. The molecule has 1 saturated heterocycles. The second-order valence-electron chi connectivity index (χ2n) is 9.58. The van der Waals surface area contributed by atoms with Crippen LogP contribution >= 0.6 is 22.9 Å². The number of piperazine rings is 1. The molecule has 5 aromatic rings. The Labute approximate surface area is 247 Å². The first-order valence-corrected chi connectivity index (χ1v) is 14.5. The van der Waals surface area contributed by atoms with Crippen molar-refractivity contribution >= 4 is 50.5 Å². The zero-order valence-electron chi connectivity index (χ0n) is 22.2. The summed E-state index contributed by atoms with van der Waals surface area (Å²) in [4.78, 5) is 23.7. The van der Waals surface area contributed by atoms with Crippen LogP contribution < -0.4 is 15.0 Å². The number of hydrogen-bond donors (Lipinski definition) is 1. The highest BCUT2D eigenvalue weighted by Gasteiger charge is 2.20. The molecule has 0 radical (unpaired) electrons. The molecule has 0 amide bonds. The first-order chi connectivity index (χ1) is 20.2. The van der Waals surface area contributed by atoms with Crippen LogP contribution in [-0.4, -0.2) is 57.6 Å². The first kappa shape index (κ1) is 26.9. The van der Waals surface area contributed by atoms with Crippen molar-refractivity contribution in [2.24, 2.45) is 0 Å². The number of aromatic nitrogens is 4. The Morgan fingerprint density at radius 1 is 1.00 bits per heavy atom. The number of thiazole rings is 1. The van der Waals surface area contributed by atoms with Crippen molar-refractivity contribution in [3.05, 3.63) is 84.0 Å². The third kappa shape index (κ3) is 6.38. The lowest BCUT2D eigenvalue weighted by molar-refractivity contribution is 0.263. The average molecular weight is 583 g/mol.